The molecule has 3 N–H and O–H groups in total. The second-order valence-corrected chi connectivity index (χ2v) is 6.38. The molecule has 0 spiro atoms. The molecule has 2 atom stereocenters. The third-order valence-corrected chi connectivity index (χ3v) is 4.87. The second kappa shape index (κ2) is 6.85. The summed E-state index contributed by atoms with van der Waals surface area (Å²) in [6.07, 6.45) is 8.14. The molecule has 2 aliphatic rings. The average Bonchev–Trinajstić information content (AvgIpc) is 2.85. The normalized spacial score (nSPS) is 29.8. The van der Waals surface area contributed by atoms with Gasteiger partial charge in [0, 0.05) is 31.7 Å². The molecule has 106 valence electrons. The molecule has 1 saturated carbocycles. The number of nitrogens with two attached hydrogens (primary N) is 1. The van der Waals surface area contributed by atoms with E-state index >= 15 is 0 Å². The molecule has 4 nitrogen and oxygen atoms in total. The Morgan fingerprint density at radius 2 is 1.89 bits per heavy atom. The van der Waals surface area contributed by atoms with Crippen molar-refractivity contribution in [3.8, 4) is 0 Å². The van der Waals surface area contributed by atoms with Gasteiger partial charge in [-0.05, 0) is 32.9 Å². The highest BCUT2D eigenvalue weighted by molar-refractivity contribution is 4.84. The molecule has 0 bridgehead atoms. The Hall–Kier alpha value is -0.160. The van der Waals surface area contributed by atoms with Gasteiger partial charge >= 0.3 is 0 Å². The van der Waals surface area contributed by atoms with Gasteiger partial charge < -0.3 is 9.80 Å². The van der Waals surface area contributed by atoms with Gasteiger partial charge in [-0.25, -0.2) is 0 Å². The Morgan fingerprint density at radius 1 is 1.17 bits per heavy atom. The van der Waals surface area contributed by atoms with E-state index in [2.05, 4.69) is 29.3 Å². The van der Waals surface area contributed by atoms with Gasteiger partial charge in [-0.15, -0.1) is 0 Å². The molecule has 0 aromatic rings. The number of nitrogens with zero attached hydrogens (tertiary/aromatic N) is 2. The van der Waals surface area contributed by atoms with E-state index in [9.17, 15) is 0 Å². The maximum Gasteiger partial charge on any atom is 0.0235 e. The van der Waals surface area contributed by atoms with Gasteiger partial charge in [0.2, 0.25) is 0 Å². The van der Waals surface area contributed by atoms with Crippen molar-refractivity contribution in [2.24, 2.45) is 11.8 Å². The predicted molar refractivity (Wildman–Crippen MR) is 76.2 cm³/mol. The molecular weight excluding hydrogens is 224 g/mol. The fraction of sp³-hybridized carbons (Fsp3) is 1.00. The summed E-state index contributed by atoms with van der Waals surface area (Å²) < 4.78 is 0. The maximum absolute atomic E-state index is 5.77. The number of hydrogen-bond acceptors (Lipinski definition) is 4. The third-order valence-electron chi connectivity index (χ3n) is 4.87. The van der Waals surface area contributed by atoms with Crippen molar-refractivity contribution in [2.75, 3.05) is 33.7 Å². The van der Waals surface area contributed by atoms with Crippen LogP contribution in [0.2, 0.25) is 0 Å². The van der Waals surface area contributed by atoms with E-state index < -0.39 is 0 Å². The van der Waals surface area contributed by atoms with Crippen LogP contribution in [-0.4, -0.2) is 55.6 Å². The van der Waals surface area contributed by atoms with Crippen molar-refractivity contribution < 1.29 is 0 Å². The highest BCUT2D eigenvalue weighted by Crippen LogP contribution is 2.29. The van der Waals surface area contributed by atoms with Crippen LogP contribution in [0, 0.1) is 5.92 Å². The number of hydrogen-bond donors (Lipinski definition) is 2. The summed E-state index contributed by atoms with van der Waals surface area (Å²) in [5.41, 5.74) is 3.07. The highest BCUT2D eigenvalue weighted by atomic mass is 15.3. The minimum atomic E-state index is 0.493. The molecule has 1 aliphatic heterocycles. The fourth-order valence-electron chi connectivity index (χ4n) is 3.57. The monoisotopic (exact) mass is 254 g/mol. The quantitative estimate of drug-likeness (QED) is 0.568. The molecular formula is C14H30N4. The summed E-state index contributed by atoms with van der Waals surface area (Å²) in [6, 6.07) is 1.15. The zero-order valence-corrected chi connectivity index (χ0v) is 12.1. The lowest BCUT2D eigenvalue weighted by molar-refractivity contribution is 0.0983. The van der Waals surface area contributed by atoms with Crippen molar-refractivity contribution in [1.29, 1.82) is 0 Å². The average molecular weight is 254 g/mol. The van der Waals surface area contributed by atoms with Crippen molar-refractivity contribution in [1.82, 2.24) is 15.2 Å². The van der Waals surface area contributed by atoms with Gasteiger partial charge in [0.05, 0.1) is 0 Å². The first-order valence-corrected chi connectivity index (χ1v) is 7.54. The summed E-state index contributed by atoms with van der Waals surface area (Å²) in [5.74, 6) is 6.68. The smallest absolute Gasteiger partial charge is 0.0235 e. The Kier molecular flexibility index (Phi) is 5.42. The van der Waals surface area contributed by atoms with E-state index in [-0.39, 0.29) is 0 Å². The summed E-state index contributed by atoms with van der Waals surface area (Å²) in [7, 11) is 4.47. The van der Waals surface area contributed by atoms with Crippen LogP contribution in [0.25, 0.3) is 0 Å². The largest absolute Gasteiger partial charge is 0.304 e. The fourth-order valence-corrected chi connectivity index (χ4v) is 3.57. The molecule has 2 fully saturated rings. The van der Waals surface area contributed by atoms with E-state index in [1.54, 1.807) is 0 Å². The maximum atomic E-state index is 5.77. The Bertz CT molecular complexity index is 240. The molecule has 4 heteroatoms. The van der Waals surface area contributed by atoms with Gasteiger partial charge in [0.25, 0.3) is 0 Å². The van der Waals surface area contributed by atoms with Crippen molar-refractivity contribution in [3.05, 3.63) is 0 Å². The van der Waals surface area contributed by atoms with Crippen molar-refractivity contribution in [2.45, 2.75) is 50.6 Å². The van der Waals surface area contributed by atoms with Crippen LogP contribution < -0.4 is 11.3 Å². The Morgan fingerprint density at radius 3 is 2.56 bits per heavy atom. The third kappa shape index (κ3) is 3.92. The van der Waals surface area contributed by atoms with Crippen molar-refractivity contribution >= 4 is 0 Å². The highest BCUT2D eigenvalue weighted by Gasteiger charge is 2.27. The summed E-state index contributed by atoms with van der Waals surface area (Å²) in [5, 5.41) is 0. The van der Waals surface area contributed by atoms with E-state index in [1.807, 2.05) is 0 Å². The van der Waals surface area contributed by atoms with Gasteiger partial charge in [0.1, 0.15) is 0 Å². The molecule has 1 heterocycles. The number of piperazine rings is 1. The first kappa shape index (κ1) is 14.3. The molecule has 1 aliphatic carbocycles. The summed E-state index contributed by atoms with van der Waals surface area (Å²) >= 11 is 0. The van der Waals surface area contributed by atoms with E-state index in [0.717, 1.165) is 5.92 Å². The summed E-state index contributed by atoms with van der Waals surface area (Å²) in [4.78, 5) is 4.94. The van der Waals surface area contributed by atoms with Crippen LogP contribution >= 0.6 is 0 Å². The van der Waals surface area contributed by atoms with Gasteiger partial charge in [-0.3, -0.25) is 11.3 Å². The zero-order valence-electron chi connectivity index (χ0n) is 12.1. The number of rotatable bonds is 5. The molecule has 18 heavy (non-hydrogen) atoms. The van der Waals surface area contributed by atoms with Crippen molar-refractivity contribution in [3.63, 3.8) is 0 Å². The van der Waals surface area contributed by atoms with E-state index in [4.69, 9.17) is 5.84 Å². The molecule has 0 radical (unpaired) electrons. The summed E-state index contributed by atoms with van der Waals surface area (Å²) in [6.45, 7) is 3.55. The Labute approximate surface area is 112 Å². The lowest BCUT2D eigenvalue weighted by atomic mass is 9.93. The first-order valence-electron chi connectivity index (χ1n) is 7.54. The standard InChI is InChI=1S/C14H30N4/c1-17-7-8-18(2)14(11-17)10-13(16-15)9-12-5-3-4-6-12/h12-14,16H,3-11,15H2,1-2H3. The molecule has 2 rings (SSSR count). The SMILES string of the molecule is CN1CCN(C)C(CC(CC2CCCC2)NN)C1. The van der Waals surface area contributed by atoms with Gasteiger partial charge in [-0.2, -0.15) is 0 Å². The minimum absolute atomic E-state index is 0.493. The van der Waals surface area contributed by atoms with Crippen LogP contribution in [0.5, 0.6) is 0 Å². The topological polar surface area (TPSA) is 44.5 Å². The minimum Gasteiger partial charge on any atom is -0.304 e. The molecule has 0 amide bonds. The zero-order chi connectivity index (χ0) is 13.0. The Balaban J connectivity index is 1.80. The molecule has 0 aromatic heterocycles. The predicted octanol–water partition coefficient (Wildman–Crippen LogP) is 1.03. The first-order chi connectivity index (χ1) is 8.69. The molecule has 2 unspecified atom stereocenters. The van der Waals surface area contributed by atoms with Crippen LogP contribution in [-0.2, 0) is 0 Å². The van der Waals surface area contributed by atoms with Crippen LogP contribution in [0.1, 0.15) is 38.5 Å². The number of hydrazine groups is 1. The van der Waals surface area contributed by atoms with E-state index in [0.29, 0.717) is 12.1 Å². The molecule has 0 aromatic carbocycles. The van der Waals surface area contributed by atoms with Gasteiger partial charge in [-0.1, -0.05) is 25.7 Å². The second-order valence-electron chi connectivity index (χ2n) is 6.38. The number of likely N-dealkylation sites (N-methyl/N-ethyl adjacent to an activating group) is 2. The lowest BCUT2D eigenvalue weighted by Crippen LogP contribution is -2.53. The number of nitrogens with one attached hydrogen (secondary N) is 1. The molecule has 1 saturated heterocycles. The van der Waals surface area contributed by atoms with Crippen LogP contribution in [0.4, 0.5) is 0 Å². The van der Waals surface area contributed by atoms with Crippen LogP contribution in [0.3, 0.4) is 0 Å². The van der Waals surface area contributed by atoms with E-state index in [1.165, 1.54) is 58.2 Å². The lowest BCUT2D eigenvalue weighted by Gasteiger charge is -2.39. The van der Waals surface area contributed by atoms with Crippen LogP contribution in [0.15, 0.2) is 0 Å². The van der Waals surface area contributed by atoms with Gasteiger partial charge in [0.15, 0.2) is 0 Å².